The number of hydrogen-bond donors (Lipinski definition) is 0. The summed E-state index contributed by atoms with van der Waals surface area (Å²) in [6.45, 7) is 0. The molecule has 0 saturated heterocycles. The highest BCUT2D eigenvalue weighted by Crippen LogP contribution is 2.46. The largest absolute Gasteiger partial charge is 0.297 e. The van der Waals surface area contributed by atoms with Crippen molar-refractivity contribution in [1.82, 2.24) is 9.55 Å². The summed E-state index contributed by atoms with van der Waals surface area (Å²) >= 11 is 0. The molecule has 0 unspecified atom stereocenters. The van der Waals surface area contributed by atoms with Crippen molar-refractivity contribution in [3.8, 4) is 27.9 Å². The Balaban J connectivity index is 1.52. The van der Waals surface area contributed by atoms with Crippen LogP contribution in [0.2, 0.25) is 0 Å². The standard InChI is InChI=1S/C38H29B3N2/c39-38(40,41)37-42-32-21-8-10-23-34(32)43(37)33-22-9-7-19-31(33)36-29-17-5-3-15-27(29)35(28-16-4-6-18-30(28)36)26-20-11-13-24-12-1-2-14-25(24)26/h1-23H,39-41H2. The molecule has 0 aliphatic rings. The Kier molecular flexibility index (Phi) is 5.84. The zero-order chi connectivity index (χ0) is 29.1. The van der Waals surface area contributed by atoms with Crippen LogP contribution in [0.15, 0.2) is 140 Å². The molecule has 0 fully saturated rings. The van der Waals surface area contributed by atoms with Crippen molar-refractivity contribution in [2.24, 2.45) is 0 Å². The average Bonchev–Trinajstić information content (AvgIpc) is 3.44. The molecule has 0 aliphatic carbocycles. The zero-order valence-electron chi connectivity index (χ0n) is 24.7. The number of benzene rings is 7. The maximum absolute atomic E-state index is 5.17. The van der Waals surface area contributed by atoms with E-state index in [1.54, 1.807) is 0 Å². The van der Waals surface area contributed by atoms with Gasteiger partial charge in [-0.05, 0) is 67.2 Å². The van der Waals surface area contributed by atoms with Gasteiger partial charge in [-0.25, -0.2) is 4.98 Å². The smallest absolute Gasteiger partial charge is 0.0994 e. The van der Waals surface area contributed by atoms with E-state index in [9.17, 15) is 0 Å². The summed E-state index contributed by atoms with van der Waals surface area (Å²) in [6, 6.07) is 50.5. The molecule has 5 heteroatoms. The zero-order valence-corrected chi connectivity index (χ0v) is 24.7. The number of nitrogens with zero attached hydrogens (tertiary/aromatic N) is 2. The first-order valence-electron chi connectivity index (χ1n) is 15.0. The van der Waals surface area contributed by atoms with Crippen molar-refractivity contribution in [1.29, 1.82) is 0 Å². The lowest BCUT2D eigenvalue weighted by Crippen LogP contribution is -2.31. The first-order chi connectivity index (χ1) is 21.0. The third-order valence-corrected chi connectivity index (χ3v) is 8.64. The van der Waals surface area contributed by atoms with Crippen molar-refractivity contribution >= 4 is 66.9 Å². The fraction of sp³-hybridized carbons (Fsp3) is 0.0263. The van der Waals surface area contributed by atoms with E-state index < -0.39 is 0 Å². The molecule has 0 amide bonds. The summed E-state index contributed by atoms with van der Waals surface area (Å²) in [5, 5.41) is 7.39. The predicted molar refractivity (Wildman–Crippen MR) is 192 cm³/mol. The van der Waals surface area contributed by atoms with Crippen LogP contribution in [0.1, 0.15) is 5.82 Å². The summed E-state index contributed by atoms with van der Waals surface area (Å²) in [5.41, 5.74) is 8.29. The van der Waals surface area contributed by atoms with Crippen molar-refractivity contribution in [3.63, 3.8) is 0 Å². The summed E-state index contributed by atoms with van der Waals surface area (Å²) < 4.78 is 2.38. The lowest BCUT2D eigenvalue weighted by Gasteiger charge is -2.24. The third-order valence-electron chi connectivity index (χ3n) is 8.64. The van der Waals surface area contributed by atoms with Gasteiger partial charge in [0.1, 0.15) is 0 Å². The highest BCUT2D eigenvalue weighted by Gasteiger charge is 2.26. The average molecular weight is 546 g/mol. The number of fused-ring (bicyclic) bond motifs is 4. The van der Waals surface area contributed by atoms with Gasteiger partial charge in [-0.2, -0.15) is 0 Å². The predicted octanol–water partition coefficient (Wildman–Crippen LogP) is 6.83. The fourth-order valence-electron chi connectivity index (χ4n) is 6.81. The molecule has 2 nitrogen and oxygen atoms in total. The molecule has 200 valence electrons. The van der Waals surface area contributed by atoms with Gasteiger partial charge >= 0.3 is 0 Å². The van der Waals surface area contributed by atoms with Crippen LogP contribution in [0.25, 0.3) is 71.3 Å². The molecular weight excluding hydrogens is 517 g/mol. The topological polar surface area (TPSA) is 17.8 Å². The van der Waals surface area contributed by atoms with Crippen molar-refractivity contribution in [2.75, 3.05) is 0 Å². The number of para-hydroxylation sites is 3. The molecule has 8 aromatic rings. The number of rotatable bonds is 4. The maximum Gasteiger partial charge on any atom is 0.0994 e. The van der Waals surface area contributed by atoms with Gasteiger partial charge in [0.05, 0.1) is 46.1 Å². The Morgan fingerprint density at radius 2 is 0.953 bits per heavy atom. The van der Waals surface area contributed by atoms with E-state index in [0.29, 0.717) is 0 Å². The van der Waals surface area contributed by atoms with Crippen molar-refractivity contribution in [3.05, 3.63) is 145 Å². The van der Waals surface area contributed by atoms with Crippen molar-refractivity contribution < 1.29 is 0 Å². The van der Waals surface area contributed by atoms with Crippen LogP contribution in [0.5, 0.6) is 0 Å². The lowest BCUT2D eigenvalue weighted by atomic mass is 9.42. The molecule has 43 heavy (non-hydrogen) atoms. The second-order valence-corrected chi connectivity index (χ2v) is 12.4. The molecule has 7 aromatic carbocycles. The van der Waals surface area contributed by atoms with Crippen LogP contribution in [-0.2, 0) is 5.11 Å². The van der Waals surface area contributed by atoms with E-state index in [1.165, 1.54) is 54.6 Å². The van der Waals surface area contributed by atoms with Crippen LogP contribution >= 0.6 is 0 Å². The van der Waals surface area contributed by atoms with Crippen molar-refractivity contribution in [2.45, 2.75) is 5.11 Å². The van der Waals surface area contributed by atoms with Crippen LogP contribution in [0, 0.1) is 0 Å². The van der Waals surface area contributed by atoms with Gasteiger partial charge in [0.25, 0.3) is 0 Å². The summed E-state index contributed by atoms with van der Waals surface area (Å²) in [5.74, 6) is 1.06. The number of hydrogen-bond acceptors (Lipinski definition) is 1. The summed E-state index contributed by atoms with van der Waals surface area (Å²) in [6.07, 6.45) is 0. The molecule has 0 N–H and O–H groups in total. The molecule has 0 bridgehead atoms. The minimum absolute atomic E-state index is 0.144. The molecule has 0 radical (unpaired) electrons. The molecular formula is C38H29B3N2. The Morgan fingerprint density at radius 1 is 0.465 bits per heavy atom. The number of imidazole rings is 1. The molecule has 0 aliphatic heterocycles. The molecule has 0 atom stereocenters. The van der Waals surface area contributed by atoms with E-state index in [2.05, 4.69) is 168 Å². The van der Waals surface area contributed by atoms with Gasteiger partial charge in [-0.3, -0.25) is 4.57 Å². The van der Waals surface area contributed by atoms with Gasteiger partial charge in [0.2, 0.25) is 0 Å². The quantitative estimate of drug-likeness (QED) is 0.175. The van der Waals surface area contributed by atoms with Gasteiger partial charge < -0.3 is 0 Å². The Bertz CT molecular complexity index is 2290. The molecule has 0 spiro atoms. The molecule has 8 rings (SSSR count). The normalized spacial score (nSPS) is 12.0. The van der Waals surface area contributed by atoms with E-state index in [-0.39, 0.29) is 5.11 Å². The Labute approximate surface area is 254 Å². The molecule has 1 heterocycles. The minimum Gasteiger partial charge on any atom is -0.297 e. The lowest BCUT2D eigenvalue weighted by molar-refractivity contribution is 0.931. The van der Waals surface area contributed by atoms with Gasteiger partial charge in [0.15, 0.2) is 0 Å². The highest BCUT2D eigenvalue weighted by atomic mass is 15.1. The Hall–Kier alpha value is -5.02. The van der Waals surface area contributed by atoms with Gasteiger partial charge in [0, 0.05) is 5.56 Å². The van der Waals surface area contributed by atoms with Crippen LogP contribution < -0.4 is 0 Å². The third kappa shape index (κ3) is 4.03. The van der Waals surface area contributed by atoms with Crippen LogP contribution in [0.4, 0.5) is 0 Å². The fourth-order valence-corrected chi connectivity index (χ4v) is 6.81. The monoisotopic (exact) mass is 546 g/mol. The van der Waals surface area contributed by atoms with Gasteiger partial charge in [-0.1, -0.05) is 126 Å². The van der Waals surface area contributed by atoms with Crippen LogP contribution in [-0.4, -0.2) is 33.1 Å². The Morgan fingerprint density at radius 3 is 1.63 bits per heavy atom. The van der Waals surface area contributed by atoms with E-state index in [0.717, 1.165) is 22.5 Å². The first kappa shape index (κ1) is 25.7. The van der Waals surface area contributed by atoms with E-state index in [4.69, 9.17) is 4.98 Å². The SMILES string of the molecule is BC(B)(B)c1nc2ccccc2n1-c1ccccc1-c1c2ccccc2c(-c2cccc3ccccc23)c2ccccc12. The molecule has 1 aromatic heterocycles. The van der Waals surface area contributed by atoms with E-state index >= 15 is 0 Å². The van der Waals surface area contributed by atoms with Crippen LogP contribution in [0.3, 0.4) is 0 Å². The summed E-state index contributed by atoms with van der Waals surface area (Å²) in [7, 11) is 6.74. The minimum atomic E-state index is -0.144. The second-order valence-electron chi connectivity index (χ2n) is 12.4. The molecule has 0 saturated carbocycles. The summed E-state index contributed by atoms with van der Waals surface area (Å²) in [4.78, 5) is 5.17. The maximum atomic E-state index is 5.17. The highest BCUT2D eigenvalue weighted by molar-refractivity contribution is 6.58. The van der Waals surface area contributed by atoms with Gasteiger partial charge in [-0.15, -0.1) is 0 Å². The number of aromatic nitrogens is 2. The first-order valence-corrected chi connectivity index (χ1v) is 15.0. The second kappa shape index (κ2) is 9.78. The van der Waals surface area contributed by atoms with E-state index in [1.807, 2.05) is 0 Å².